The van der Waals surface area contributed by atoms with Gasteiger partial charge in [0, 0.05) is 6.54 Å². The number of ether oxygens (including phenoxy) is 1. The van der Waals surface area contributed by atoms with Crippen LogP contribution in [0, 0.1) is 10.1 Å². The van der Waals surface area contributed by atoms with Gasteiger partial charge in [0.25, 0.3) is 6.43 Å². The van der Waals surface area contributed by atoms with Crippen LogP contribution in [0.5, 0.6) is 5.75 Å². The summed E-state index contributed by atoms with van der Waals surface area (Å²) >= 11 is 0. The lowest BCUT2D eigenvalue weighted by Crippen LogP contribution is -2.09. The largest absolute Gasteiger partial charge is 0.489 e. The van der Waals surface area contributed by atoms with Crippen molar-refractivity contribution in [2.75, 3.05) is 7.11 Å². The molecule has 0 spiro atoms. The van der Waals surface area contributed by atoms with Crippen molar-refractivity contribution in [2.24, 2.45) is 5.73 Å². The molecule has 1 rings (SSSR count). The van der Waals surface area contributed by atoms with Gasteiger partial charge in [-0.05, 0) is 0 Å². The summed E-state index contributed by atoms with van der Waals surface area (Å²) in [7, 11) is 1.14. The predicted octanol–water partition coefficient (Wildman–Crippen LogP) is 1.39. The molecule has 0 radical (unpaired) electrons. The Kier molecular flexibility index (Phi) is 3.67. The van der Waals surface area contributed by atoms with Gasteiger partial charge < -0.3 is 10.5 Å². The van der Waals surface area contributed by atoms with Gasteiger partial charge in [0.05, 0.1) is 23.9 Å². The monoisotopic (exact) mass is 233 g/mol. The minimum absolute atomic E-state index is 0.206. The average Bonchev–Trinajstić information content (AvgIpc) is 2.26. The van der Waals surface area contributed by atoms with Crippen molar-refractivity contribution in [1.82, 2.24) is 4.98 Å². The van der Waals surface area contributed by atoms with E-state index in [0.717, 1.165) is 13.3 Å². The minimum Gasteiger partial charge on any atom is -0.489 e. The molecule has 0 saturated carbocycles. The molecule has 0 aliphatic carbocycles. The van der Waals surface area contributed by atoms with Gasteiger partial charge in [0.2, 0.25) is 5.75 Å². The van der Waals surface area contributed by atoms with Gasteiger partial charge in [-0.25, -0.2) is 8.78 Å². The number of hydrogen-bond donors (Lipinski definition) is 1. The first-order chi connectivity index (χ1) is 7.52. The van der Waals surface area contributed by atoms with E-state index in [-0.39, 0.29) is 18.0 Å². The van der Waals surface area contributed by atoms with Crippen LogP contribution in [0.15, 0.2) is 6.20 Å². The second-order valence-electron chi connectivity index (χ2n) is 2.80. The summed E-state index contributed by atoms with van der Waals surface area (Å²) in [5.74, 6) is -0.308. The quantitative estimate of drug-likeness (QED) is 0.626. The summed E-state index contributed by atoms with van der Waals surface area (Å²) in [4.78, 5) is 13.4. The lowest BCUT2D eigenvalue weighted by molar-refractivity contribution is -0.387. The molecule has 0 aliphatic heterocycles. The van der Waals surface area contributed by atoms with Gasteiger partial charge in [0.15, 0.2) is 0 Å². The van der Waals surface area contributed by atoms with Gasteiger partial charge in [-0.3, -0.25) is 15.1 Å². The maximum absolute atomic E-state index is 12.7. The third-order valence-electron chi connectivity index (χ3n) is 1.95. The molecule has 88 valence electrons. The molecular formula is C8H9F2N3O3. The number of nitrogens with zero attached hydrogens (tertiary/aromatic N) is 2. The second kappa shape index (κ2) is 4.79. The molecule has 0 saturated heterocycles. The smallest absolute Gasteiger partial charge is 0.323 e. The number of hydrogen-bond acceptors (Lipinski definition) is 5. The minimum atomic E-state index is -3.03. The van der Waals surface area contributed by atoms with E-state index in [2.05, 4.69) is 9.72 Å². The van der Waals surface area contributed by atoms with Crippen molar-refractivity contribution in [3.63, 3.8) is 0 Å². The third-order valence-corrected chi connectivity index (χ3v) is 1.95. The number of rotatable bonds is 4. The fourth-order valence-corrected chi connectivity index (χ4v) is 1.27. The summed E-state index contributed by atoms with van der Waals surface area (Å²) in [5, 5.41) is 10.7. The summed E-state index contributed by atoms with van der Waals surface area (Å²) in [5.41, 5.74) is 3.41. The highest BCUT2D eigenvalue weighted by atomic mass is 19.3. The summed E-state index contributed by atoms with van der Waals surface area (Å²) in [6.07, 6.45) is -2.02. The van der Waals surface area contributed by atoms with Gasteiger partial charge >= 0.3 is 5.69 Å². The molecule has 0 unspecified atom stereocenters. The molecule has 0 atom stereocenters. The molecule has 0 bridgehead atoms. The zero-order chi connectivity index (χ0) is 12.3. The van der Waals surface area contributed by atoms with Crippen LogP contribution in [0.1, 0.15) is 17.7 Å². The van der Waals surface area contributed by atoms with Crippen molar-refractivity contribution in [3.05, 3.63) is 27.6 Å². The third kappa shape index (κ3) is 2.06. The van der Waals surface area contributed by atoms with Crippen molar-refractivity contribution < 1.29 is 18.4 Å². The average molecular weight is 233 g/mol. The Morgan fingerprint density at radius 3 is 2.69 bits per heavy atom. The number of aromatic nitrogens is 1. The van der Waals surface area contributed by atoms with Crippen LogP contribution >= 0.6 is 0 Å². The van der Waals surface area contributed by atoms with Gasteiger partial charge in [-0.1, -0.05) is 0 Å². The Balaban J connectivity index is 3.53. The molecule has 8 heteroatoms. The van der Waals surface area contributed by atoms with Crippen molar-refractivity contribution >= 4 is 5.69 Å². The Labute approximate surface area is 89.2 Å². The molecule has 6 nitrogen and oxygen atoms in total. The van der Waals surface area contributed by atoms with Crippen LogP contribution < -0.4 is 10.5 Å². The number of nitro groups is 1. The first kappa shape index (κ1) is 12.2. The highest BCUT2D eigenvalue weighted by Gasteiger charge is 2.30. The van der Waals surface area contributed by atoms with E-state index in [1.54, 1.807) is 0 Å². The van der Waals surface area contributed by atoms with Gasteiger partial charge in [-0.2, -0.15) is 0 Å². The summed E-state index contributed by atoms with van der Waals surface area (Å²) in [6.45, 7) is -0.301. The van der Waals surface area contributed by atoms with E-state index in [9.17, 15) is 18.9 Å². The van der Waals surface area contributed by atoms with E-state index < -0.39 is 22.6 Å². The van der Waals surface area contributed by atoms with Crippen molar-refractivity contribution in [3.8, 4) is 5.75 Å². The number of methoxy groups -OCH3 is 1. The number of pyridine rings is 1. The highest BCUT2D eigenvalue weighted by molar-refractivity contribution is 5.54. The SMILES string of the molecule is COc1cnc(CN)c(C(F)F)c1[N+](=O)[O-]. The fraction of sp³-hybridized carbons (Fsp3) is 0.375. The van der Waals surface area contributed by atoms with E-state index in [0.29, 0.717) is 0 Å². The van der Waals surface area contributed by atoms with Crippen molar-refractivity contribution in [2.45, 2.75) is 13.0 Å². The van der Waals surface area contributed by atoms with E-state index in [1.165, 1.54) is 0 Å². The lowest BCUT2D eigenvalue weighted by Gasteiger charge is -2.09. The first-order valence-corrected chi connectivity index (χ1v) is 4.21. The number of nitrogens with two attached hydrogens (primary N) is 1. The van der Waals surface area contributed by atoms with Crippen LogP contribution in [0.3, 0.4) is 0 Å². The zero-order valence-electron chi connectivity index (χ0n) is 8.31. The van der Waals surface area contributed by atoms with E-state index >= 15 is 0 Å². The molecule has 0 aliphatic rings. The van der Waals surface area contributed by atoms with Crippen LogP contribution in [-0.2, 0) is 6.54 Å². The Morgan fingerprint density at radius 2 is 2.31 bits per heavy atom. The summed E-state index contributed by atoms with van der Waals surface area (Å²) < 4.78 is 30.0. The molecule has 1 aromatic heterocycles. The lowest BCUT2D eigenvalue weighted by atomic mass is 10.1. The van der Waals surface area contributed by atoms with Crippen LogP contribution in [0.4, 0.5) is 14.5 Å². The fourth-order valence-electron chi connectivity index (χ4n) is 1.27. The second-order valence-corrected chi connectivity index (χ2v) is 2.80. The first-order valence-electron chi connectivity index (χ1n) is 4.21. The maximum Gasteiger partial charge on any atom is 0.323 e. The molecule has 1 aromatic rings. The highest BCUT2D eigenvalue weighted by Crippen LogP contribution is 2.37. The van der Waals surface area contributed by atoms with Crippen molar-refractivity contribution in [1.29, 1.82) is 0 Å². The molecular weight excluding hydrogens is 224 g/mol. The maximum atomic E-state index is 12.7. The Bertz CT molecular complexity index is 412. The number of alkyl halides is 2. The van der Waals surface area contributed by atoms with Gasteiger partial charge in [0.1, 0.15) is 5.56 Å². The summed E-state index contributed by atoms with van der Waals surface area (Å²) in [6, 6.07) is 0. The molecule has 0 fully saturated rings. The molecule has 1 heterocycles. The van der Waals surface area contributed by atoms with Crippen LogP contribution in [0.2, 0.25) is 0 Å². The predicted molar refractivity (Wildman–Crippen MR) is 50.3 cm³/mol. The normalized spacial score (nSPS) is 10.6. The Hall–Kier alpha value is -1.83. The topological polar surface area (TPSA) is 91.3 Å². The molecule has 0 amide bonds. The van der Waals surface area contributed by atoms with E-state index in [4.69, 9.17) is 5.73 Å². The standard InChI is InChI=1S/C8H9F2N3O3/c1-16-5-3-12-4(2-11)6(8(9)10)7(5)13(14)15/h3,8H,2,11H2,1H3. The van der Waals surface area contributed by atoms with Crippen LogP contribution in [-0.4, -0.2) is 17.0 Å². The Morgan fingerprint density at radius 1 is 1.69 bits per heavy atom. The number of halogens is 2. The molecule has 16 heavy (non-hydrogen) atoms. The van der Waals surface area contributed by atoms with Crippen LogP contribution in [0.25, 0.3) is 0 Å². The molecule has 0 aromatic carbocycles. The van der Waals surface area contributed by atoms with Gasteiger partial charge in [-0.15, -0.1) is 0 Å². The van der Waals surface area contributed by atoms with E-state index in [1.807, 2.05) is 0 Å². The zero-order valence-corrected chi connectivity index (χ0v) is 8.31. The molecule has 2 N–H and O–H groups in total.